The molecule has 2 amide bonds. The van der Waals surface area contributed by atoms with E-state index in [0.717, 1.165) is 19.1 Å². The Morgan fingerprint density at radius 1 is 1.24 bits per heavy atom. The van der Waals surface area contributed by atoms with Crippen LogP contribution in [0.25, 0.3) is 0 Å². The van der Waals surface area contributed by atoms with Gasteiger partial charge in [0.1, 0.15) is 6.04 Å². The summed E-state index contributed by atoms with van der Waals surface area (Å²) >= 11 is 0. The highest BCUT2D eigenvalue weighted by Gasteiger charge is 2.37. The number of carboxylic acid groups (broad SMARTS) is 1. The van der Waals surface area contributed by atoms with Crippen LogP contribution in [-0.2, 0) is 14.6 Å². The molecular formula is C13H16N2O5S. The maximum Gasteiger partial charge on any atom is 0.326 e. The van der Waals surface area contributed by atoms with Crippen LogP contribution in [0.2, 0.25) is 0 Å². The van der Waals surface area contributed by atoms with Gasteiger partial charge in [0.05, 0.1) is 4.90 Å². The number of carbonyl (C=O) groups excluding carboxylic acids is 1. The van der Waals surface area contributed by atoms with Gasteiger partial charge in [0, 0.05) is 11.9 Å². The monoisotopic (exact) mass is 312 g/mol. The Hall–Kier alpha value is -2.09. The van der Waals surface area contributed by atoms with Crippen LogP contribution in [0.4, 0.5) is 10.5 Å². The first kappa shape index (κ1) is 15.3. The van der Waals surface area contributed by atoms with E-state index in [-0.39, 0.29) is 10.8 Å². The molecule has 1 saturated carbocycles. The third kappa shape index (κ3) is 4.19. The Morgan fingerprint density at radius 2 is 1.81 bits per heavy atom. The fourth-order valence-corrected chi connectivity index (χ4v) is 2.54. The molecule has 7 nitrogen and oxygen atoms in total. The van der Waals surface area contributed by atoms with E-state index in [1.165, 1.54) is 24.3 Å². The van der Waals surface area contributed by atoms with Crippen LogP contribution in [0.3, 0.4) is 0 Å². The van der Waals surface area contributed by atoms with Gasteiger partial charge in [-0.1, -0.05) is 0 Å². The largest absolute Gasteiger partial charge is 0.480 e. The molecule has 8 heteroatoms. The predicted molar refractivity (Wildman–Crippen MR) is 75.9 cm³/mol. The lowest BCUT2D eigenvalue weighted by Crippen LogP contribution is -2.44. The minimum Gasteiger partial charge on any atom is -0.480 e. The van der Waals surface area contributed by atoms with Gasteiger partial charge in [-0.15, -0.1) is 0 Å². The van der Waals surface area contributed by atoms with Gasteiger partial charge in [-0.05, 0) is 43.0 Å². The van der Waals surface area contributed by atoms with Crippen LogP contribution < -0.4 is 10.6 Å². The Bertz CT molecular complexity index is 650. The zero-order chi connectivity index (χ0) is 15.6. The summed E-state index contributed by atoms with van der Waals surface area (Å²) in [7, 11) is -3.29. The Morgan fingerprint density at radius 3 is 2.24 bits per heavy atom. The van der Waals surface area contributed by atoms with Crippen molar-refractivity contribution in [3.8, 4) is 0 Å². The number of aliphatic carboxylic acids is 1. The molecule has 0 heterocycles. The molecule has 0 aromatic heterocycles. The number of hydrogen-bond acceptors (Lipinski definition) is 4. The first-order chi connectivity index (χ1) is 9.77. The molecule has 1 atom stereocenters. The first-order valence-corrected chi connectivity index (χ1v) is 8.27. The second kappa shape index (κ2) is 5.72. The summed E-state index contributed by atoms with van der Waals surface area (Å²) in [4.78, 5) is 22.9. The van der Waals surface area contributed by atoms with E-state index in [0.29, 0.717) is 5.69 Å². The Kier molecular flexibility index (Phi) is 4.17. The van der Waals surface area contributed by atoms with Crippen molar-refractivity contribution < 1.29 is 23.1 Å². The average Bonchev–Trinajstić information content (AvgIpc) is 3.19. The van der Waals surface area contributed by atoms with Gasteiger partial charge in [0.15, 0.2) is 9.84 Å². The van der Waals surface area contributed by atoms with Crippen molar-refractivity contribution in [3.05, 3.63) is 24.3 Å². The quantitative estimate of drug-likeness (QED) is 0.753. The average molecular weight is 312 g/mol. The SMILES string of the molecule is CS(=O)(=O)c1ccc(NC(=O)NC(C(=O)O)C2CC2)cc1. The van der Waals surface area contributed by atoms with Crippen molar-refractivity contribution in [3.63, 3.8) is 0 Å². The van der Waals surface area contributed by atoms with Gasteiger partial charge >= 0.3 is 12.0 Å². The molecule has 0 saturated heterocycles. The van der Waals surface area contributed by atoms with Gasteiger partial charge in [-0.2, -0.15) is 0 Å². The molecule has 3 N–H and O–H groups in total. The normalized spacial score (nSPS) is 16.0. The van der Waals surface area contributed by atoms with Gasteiger partial charge in [0.25, 0.3) is 0 Å². The number of carbonyl (C=O) groups is 2. The number of benzene rings is 1. The first-order valence-electron chi connectivity index (χ1n) is 6.38. The topological polar surface area (TPSA) is 113 Å². The lowest BCUT2D eigenvalue weighted by molar-refractivity contribution is -0.139. The highest BCUT2D eigenvalue weighted by molar-refractivity contribution is 7.90. The van der Waals surface area contributed by atoms with Crippen molar-refractivity contribution in [2.75, 3.05) is 11.6 Å². The second-order valence-electron chi connectivity index (χ2n) is 5.05. The third-order valence-electron chi connectivity index (χ3n) is 3.19. The number of amides is 2. The molecule has 1 unspecified atom stereocenters. The van der Waals surface area contributed by atoms with Crippen molar-refractivity contribution in [1.82, 2.24) is 5.32 Å². The molecule has 0 spiro atoms. The summed E-state index contributed by atoms with van der Waals surface area (Å²) in [6.45, 7) is 0. The number of nitrogens with one attached hydrogen (secondary N) is 2. The molecule has 2 rings (SSSR count). The van der Waals surface area contributed by atoms with E-state index < -0.39 is 27.9 Å². The molecule has 114 valence electrons. The number of hydrogen-bond donors (Lipinski definition) is 3. The molecule has 1 aliphatic rings. The minimum atomic E-state index is -3.29. The number of urea groups is 1. The summed E-state index contributed by atoms with van der Waals surface area (Å²) in [5, 5.41) is 13.9. The van der Waals surface area contributed by atoms with E-state index >= 15 is 0 Å². The number of sulfone groups is 1. The van der Waals surface area contributed by atoms with Crippen molar-refractivity contribution in [2.24, 2.45) is 5.92 Å². The Labute approximate surface area is 122 Å². The number of anilines is 1. The maximum absolute atomic E-state index is 11.7. The highest BCUT2D eigenvalue weighted by Crippen LogP contribution is 2.32. The van der Waals surface area contributed by atoms with E-state index in [2.05, 4.69) is 10.6 Å². The molecule has 1 aliphatic carbocycles. The van der Waals surface area contributed by atoms with Gasteiger partial charge in [0.2, 0.25) is 0 Å². The summed E-state index contributed by atoms with van der Waals surface area (Å²) in [6.07, 6.45) is 2.68. The van der Waals surface area contributed by atoms with Crippen LogP contribution in [0.5, 0.6) is 0 Å². The van der Waals surface area contributed by atoms with Gasteiger partial charge < -0.3 is 15.7 Å². The van der Waals surface area contributed by atoms with Crippen LogP contribution >= 0.6 is 0 Å². The molecular weight excluding hydrogens is 296 g/mol. The van der Waals surface area contributed by atoms with Crippen molar-refractivity contribution in [1.29, 1.82) is 0 Å². The van der Waals surface area contributed by atoms with E-state index in [9.17, 15) is 18.0 Å². The second-order valence-corrected chi connectivity index (χ2v) is 7.06. The zero-order valence-corrected chi connectivity index (χ0v) is 12.2. The van der Waals surface area contributed by atoms with Crippen LogP contribution in [0, 0.1) is 5.92 Å². The summed E-state index contributed by atoms with van der Waals surface area (Å²) in [5.41, 5.74) is 0.389. The summed E-state index contributed by atoms with van der Waals surface area (Å²) in [6, 6.07) is 4.13. The zero-order valence-electron chi connectivity index (χ0n) is 11.4. The Balaban J connectivity index is 1.97. The molecule has 1 aromatic rings. The molecule has 0 bridgehead atoms. The molecule has 1 fully saturated rings. The molecule has 0 aliphatic heterocycles. The van der Waals surface area contributed by atoms with E-state index in [4.69, 9.17) is 5.11 Å². The van der Waals surface area contributed by atoms with Crippen LogP contribution in [0.1, 0.15) is 12.8 Å². The van der Waals surface area contributed by atoms with E-state index in [1.807, 2.05) is 0 Å². The van der Waals surface area contributed by atoms with Crippen molar-refractivity contribution >= 4 is 27.5 Å². The summed E-state index contributed by atoms with van der Waals surface area (Å²) in [5.74, 6) is -1.07. The van der Waals surface area contributed by atoms with E-state index in [1.54, 1.807) is 0 Å². The number of carboxylic acids is 1. The molecule has 1 aromatic carbocycles. The maximum atomic E-state index is 11.7. The predicted octanol–water partition coefficient (Wildman–Crippen LogP) is 1.07. The highest BCUT2D eigenvalue weighted by atomic mass is 32.2. The van der Waals surface area contributed by atoms with Crippen LogP contribution in [0.15, 0.2) is 29.2 Å². The lowest BCUT2D eigenvalue weighted by atomic mass is 10.2. The standard InChI is InChI=1S/C13H16N2O5S/c1-21(19,20)10-6-4-9(5-7-10)14-13(18)15-11(12(16)17)8-2-3-8/h4-8,11H,2-3H2,1H3,(H,16,17)(H2,14,15,18). The number of rotatable bonds is 5. The molecule has 0 radical (unpaired) electrons. The lowest BCUT2D eigenvalue weighted by Gasteiger charge is -2.14. The molecule has 21 heavy (non-hydrogen) atoms. The van der Waals surface area contributed by atoms with Crippen LogP contribution in [-0.4, -0.2) is 37.8 Å². The third-order valence-corrected chi connectivity index (χ3v) is 4.31. The van der Waals surface area contributed by atoms with Gasteiger partial charge in [-0.3, -0.25) is 0 Å². The van der Waals surface area contributed by atoms with Crippen molar-refractivity contribution in [2.45, 2.75) is 23.8 Å². The smallest absolute Gasteiger partial charge is 0.326 e. The fourth-order valence-electron chi connectivity index (χ4n) is 1.90. The van der Waals surface area contributed by atoms with Gasteiger partial charge in [-0.25, -0.2) is 18.0 Å². The summed E-state index contributed by atoms with van der Waals surface area (Å²) < 4.78 is 22.6. The fraction of sp³-hybridized carbons (Fsp3) is 0.385. The minimum absolute atomic E-state index is 0.0131.